The highest BCUT2D eigenvalue weighted by Gasteiger charge is 1.63. The second-order valence-corrected chi connectivity index (χ2v) is 0.749. The van der Waals surface area contributed by atoms with E-state index < -0.39 is 5.29 Å². The van der Waals surface area contributed by atoms with Crippen LogP contribution in [0, 0.1) is 0 Å². The molecule has 0 nitrogen and oxygen atoms in total. The van der Waals surface area contributed by atoms with E-state index >= 15 is 0 Å². The van der Waals surface area contributed by atoms with Gasteiger partial charge < -0.3 is 0 Å². The first-order valence-electron chi connectivity index (χ1n) is 0.732. The molecular weight excluding hydrogens is 78.5 g/mol. The van der Waals surface area contributed by atoms with Gasteiger partial charge in [0.05, 0.1) is 0 Å². The number of halogens is 2. The zero-order valence-electron chi connectivity index (χ0n) is 1.96. The van der Waals surface area contributed by atoms with Crippen LogP contribution in [0.15, 0.2) is 11.9 Å². The molecule has 0 spiro atoms. The maximum absolute atomic E-state index is 10.6. The normalized spacial score (nSPS) is 6.50. The quantitative estimate of drug-likeness (QED) is 0.415. The summed E-state index contributed by atoms with van der Waals surface area (Å²) in [5.41, 5.74) is 0. The van der Waals surface area contributed by atoms with Gasteiger partial charge in [0, 0.05) is 0 Å². The van der Waals surface area contributed by atoms with Gasteiger partial charge in [-0.25, -0.2) is 0 Å². The standard InChI is InChI=1S/C2H2ClF/c1-2(3)4/h1H2. The molecule has 0 saturated heterocycles. The predicted molar refractivity (Wildman–Crippen MR) is 16.1 cm³/mol. The predicted octanol–water partition coefficient (Wildman–Crippen LogP) is 1.67. The van der Waals surface area contributed by atoms with Crippen LogP contribution in [0.25, 0.3) is 0 Å². The van der Waals surface area contributed by atoms with Crippen molar-refractivity contribution in [2.45, 2.75) is 0 Å². The van der Waals surface area contributed by atoms with Gasteiger partial charge in [-0.2, -0.15) is 4.39 Å². The van der Waals surface area contributed by atoms with Crippen LogP contribution in [-0.4, -0.2) is 0 Å². The second kappa shape index (κ2) is 1.30. The topological polar surface area (TPSA) is 0 Å². The van der Waals surface area contributed by atoms with E-state index in [1.165, 1.54) is 0 Å². The van der Waals surface area contributed by atoms with E-state index in [-0.39, 0.29) is 0 Å². The molecule has 0 aliphatic heterocycles. The molecule has 0 radical (unpaired) electrons. The Bertz CT molecular complexity index is 29.0. The minimum absolute atomic E-state index is 0.861. The van der Waals surface area contributed by atoms with Crippen molar-refractivity contribution < 1.29 is 4.39 Å². The molecule has 0 bridgehead atoms. The molecule has 0 aromatic rings. The summed E-state index contributed by atoms with van der Waals surface area (Å²) >= 11 is 4.41. The molecule has 0 aromatic heterocycles. The Morgan fingerprint density at radius 1 is 2.00 bits per heavy atom. The first-order chi connectivity index (χ1) is 1.73. The van der Waals surface area contributed by atoms with Crippen molar-refractivity contribution in [3.05, 3.63) is 11.9 Å². The van der Waals surface area contributed by atoms with Gasteiger partial charge in [-0.15, -0.1) is 0 Å². The zero-order chi connectivity index (χ0) is 3.58. The van der Waals surface area contributed by atoms with Crippen molar-refractivity contribution >= 4 is 11.6 Å². The smallest absolute Gasteiger partial charge is 0.181 e. The van der Waals surface area contributed by atoms with Gasteiger partial charge in [-0.3, -0.25) is 0 Å². The average Bonchev–Trinajstić information content (AvgIpc) is 0.811. The average molecular weight is 80.5 g/mol. The van der Waals surface area contributed by atoms with E-state index in [0.717, 1.165) is 0 Å². The summed E-state index contributed by atoms with van der Waals surface area (Å²) in [5.74, 6) is 0. The maximum atomic E-state index is 10.6. The first kappa shape index (κ1) is 3.96. The summed E-state index contributed by atoms with van der Waals surface area (Å²) in [6.45, 7) is 2.65. The van der Waals surface area contributed by atoms with Crippen LogP contribution >= 0.6 is 11.6 Å². The van der Waals surface area contributed by atoms with Crippen molar-refractivity contribution in [3.8, 4) is 0 Å². The van der Waals surface area contributed by atoms with Crippen LogP contribution in [0.3, 0.4) is 0 Å². The molecular formula is C2H2ClF. The van der Waals surface area contributed by atoms with Crippen LogP contribution in [0.4, 0.5) is 4.39 Å². The van der Waals surface area contributed by atoms with E-state index in [9.17, 15) is 4.39 Å². The fraction of sp³-hybridized carbons (Fsp3) is 0. The number of hydrogen-bond acceptors (Lipinski definition) is 0. The largest absolute Gasteiger partial charge is 0.194 e. The van der Waals surface area contributed by atoms with Crippen LogP contribution in [0.1, 0.15) is 0 Å². The molecule has 0 unspecified atom stereocenters. The summed E-state index contributed by atoms with van der Waals surface area (Å²) in [7, 11) is 0. The van der Waals surface area contributed by atoms with Crippen LogP contribution in [0.5, 0.6) is 0 Å². The van der Waals surface area contributed by atoms with Gasteiger partial charge in [0.25, 0.3) is 0 Å². The van der Waals surface area contributed by atoms with Crippen molar-refractivity contribution in [1.29, 1.82) is 0 Å². The summed E-state index contributed by atoms with van der Waals surface area (Å²) < 4.78 is 10.6. The van der Waals surface area contributed by atoms with Crippen molar-refractivity contribution in [1.82, 2.24) is 0 Å². The van der Waals surface area contributed by atoms with Crippen LogP contribution < -0.4 is 0 Å². The third-order valence-corrected chi connectivity index (χ3v) is 0. The van der Waals surface area contributed by atoms with Crippen LogP contribution in [0.2, 0.25) is 0 Å². The van der Waals surface area contributed by atoms with Gasteiger partial charge in [-0.05, 0) is 0 Å². The lowest BCUT2D eigenvalue weighted by molar-refractivity contribution is 0.699. The Balaban J connectivity index is 2.80. The number of rotatable bonds is 0. The first-order valence-corrected chi connectivity index (χ1v) is 1.11. The van der Waals surface area contributed by atoms with Crippen LogP contribution in [-0.2, 0) is 0 Å². The lowest BCUT2D eigenvalue weighted by atomic mass is 11.2. The molecule has 4 heavy (non-hydrogen) atoms. The monoisotopic (exact) mass is 80.0 g/mol. The Morgan fingerprint density at radius 2 is 2.00 bits per heavy atom. The van der Waals surface area contributed by atoms with Gasteiger partial charge >= 0.3 is 0 Å². The SMILES string of the molecule is C=C(F)Cl. The summed E-state index contributed by atoms with van der Waals surface area (Å²) in [5, 5.41) is -0.861. The molecule has 0 aromatic carbocycles. The van der Waals surface area contributed by atoms with E-state index in [2.05, 4.69) is 18.2 Å². The fourth-order valence-electron chi connectivity index (χ4n) is 0. The van der Waals surface area contributed by atoms with Crippen molar-refractivity contribution in [2.75, 3.05) is 0 Å². The molecule has 0 atom stereocenters. The third kappa shape index (κ3) is 1130. The van der Waals surface area contributed by atoms with E-state index in [0.29, 0.717) is 0 Å². The molecule has 2 heteroatoms. The highest BCUT2D eigenvalue weighted by Crippen LogP contribution is 1.92. The summed E-state index contributed by atoms with van der Waals surface area (Å²) in [6, 6.07) is 0. The van der Waals surface area contributed by atoms with Gasteiger partial charge in [0.2, 0.25) is 0 Å². The lowest BCUT2D eigenvalue weighted by Crippen LogP contribution is -1.28. The molecule has 0 N–H and O–H groups in total. The Morgan fingerprint density at radius 3 is 2.00 bits per heavy atom. The molecule has 0 rings (SSSR count). The third-order valence-electron chi connectivity index (χ3n) is 0. The van der Waals surface area contributed by atoms with E-state index in [1.54, 1.807) is 0 Å². The minimum Gasteiger partial charge on any atom is -0.194 e. The Hall–Kier alpha value is -0.0400. The van der Waals surface area contributed by atoms with E-state index in [1.807, 2.05) is 0 Å². The van der Waals surface area contributed by atoms with Gasteiger partial charge in [0.15, 0.2) is 5.29 Å². The molecule has 0 amide bonds. The summed E-state index contributed by atoms with van der Waals surface area (Å²) in [6.07, 6.45) is 0. The highest BCUT2D eigenvalue weighted by atomic mass is 35.5. The molecule has 0 aliphatic carbocycles. The van der Waals surface area contributed by atoms with Crippen molar-refractivity contribution in [2.24, 2.45) is 0 Å². The lowest BCUT2D eigenvalue weighted by Gasteiger charge is -1.55. The van der Waals surface area contributed by atoms with Gasteiger partial charge in [0.1, 0.15) is 0 Å². The summed E-state index contributed by atoms with van der Waals surface area (Å²) in [4.78, 5) is 0. The fourth-order valence-corrected chi connectivity index (χ4v) is 0. The second-order valence-electron chi connectivity index (χ2n) is 0.339. The molecule has 0 aliphatic rings. The van der Waals surface area contributed by atoms with E-state index in [4.69, 9.17) is 0 Å². The molecule has 0 saturated carbocycles. The maximum Gasteiger partial charge on any atom is 0.181 e. The molecule has 0 fully saturated rings. The molecule has 0 heterocycles. The Kier molecular flexibility index (Phi) is 1.28. The number of hydrogen-bond donors (Lipinski definition) is 0. The molecule has 24 valence electrons. The Labute approximate surface area is 28.9 Å². The highest BCUT2D eigenvalue weighted by molar-refractivity contribution is 6.27. The minimum atomic E-state index is -0.861. The van der Waals surface area contributed by atoms with Crippen molar-refractivity contribution in [3.63, 3.8) is 0 Å². The van der Waals surface area contributed by atoms with Gasteiger partial charge in [-0.1, -0.05) is 18.2 Å². The zero-order valence-corrected chi connectivity index (χ0v) is 2.72.